The van der Waals surface area contributed by atoms with Crippen molar-refractivity contribution in [3.05, 3.63) is 11.6 Å². The Bertz CT molecular complexity index is 220. The van der Waals surface area contributed by atoms with Gasteiger partial charge in [0, 0.05) is 11.0 Å². The van der Waals surface area contributed by atoms with Gasteiger partial charge in [-0.05, 0) is 6.08 Å². The fourth-order valence-corrected chi connectivity index (χ4v) is 1.31. The molecule has 3 nitrogen and oxygen atoms in total. The van der Waals surface area contributed by atoms with Crippen molar-refractivity contribution in [3.8, 4) is 0 Å². The van der Waals surface area contributed by atoms with Crippen molar-refractivity contribution < 1.29 is 14.6 Å². The third kappa shape index (κ3) is 1.18. The lowest BCUT2D eigenvalue weighted by molar-refractivity contribution is -0.231. The molecule has 0 radical (unpaired) electrons. The Hall–Kier alpha value is -0.380. The van der Waals surface area contributed by atoms with Crippen LogP contribution in [0.15, 0.2) is 11.6 Å². The van der Waals surface area contributed by atoms with Crippen LogP contribution in [0.25, 0.3) is 0 Å². The number of hydrogen-bond acceptors (Lipinski definition) is 3. The Morgan fingerprint density at radius 1 is 1.42 bits per heavy atom. The highest BCUT2D eigenvalue weighted by molar-refractivity contribution is 5.39. The van der Waals surface area contributed by atoms with E-state index in [1.807, 2.05) is 6.08 Å². The maximum absolute atomic E-state index is 8.83. The van der Waals surface area contributed by atoms with E-state index in [4.69, 9.17) is 14.6 Å². The highest BCUT2D eigenvalue weighted by Gasteiger charge is 2.50. The van der Waals surface area contributed by atoms with Crippen molar-refractivity contribution >= 4 is 0 Å². The van der Waals surface area contributed by atoms with Gasteiger partial charge in [-0.15, -0.1) is 0 Å². The van der Waals surface area contributed by atoms with Gasteiger partial charge in [0.05, 0.1) is 19.8 Å². The molecule has 1 heterocycles. The third-order valence-electron chi connectivity index (χ3n) is 2.25. The number of ether oxygens (including phenoxy) is 2. The van der Waals surface area contributed by atoms with Gasteiger partial charge in [0.2, 0.25) is 5.79 Å². The molecule has 1 aliphatic carbocycles. The summed E-state index contributed by atoms with van der Waals surface area (Å²) >= 11 is 0. The summed E-state index contributed by atoms with van der Waals surface area (Å²) in [5.74, 6) is -0.607. The first-order valence-corrected chi connectivity index (χ1v) is 4.19. The van der Waals surface area contributed by atoms with Gasteiger partial charge >= 0.3 is 0 Å². The SMILES string of the molecule is CC1(C)COC2(C=C2CO)OC1. The van der Waals surface area contributed by atoms with Gasteiger partial charge in [-0.3, -0.25) is 0 Å². The Kier molecular flexibility index (Phi) is 1.59. The number of aliphatic hydroxyl groups is 1. The molecule has 68 valence electrons. The number of aliphatic hydroxyl groups excluding tert-OH is 1. The molecule has 2 aliphatic rings. The van der Waals surface area contributed by atoms with E-state index in [1.165, 1.54) is 0 Å². The summed E-state index contributed by atoms with van der Waals surface area (Å²) in [5, 5.41) is 8.83. The lowest BCUT2D eigenvalue weighted by Gasteiger charge is -2.35. The zero-order valence-corrected chi connectivity index (χ0v) is 7.46. The lowest BCUT2D eigenvalue weighted by atomic mass is 9.95. The average Bonchev–Trinajstić information content (AvgIpc) is 2.72. The molecule has 1 saturated heterocycles. The minimum atomic E-state index is -0.607. The Labute approximate surface area is 72.0 Å². The van der Waals surface area contributed by atoms with E-state index in [0.29, 0.717) is 13.2 Å². The highest BCUT2D eigenvalue weighted by Crippen LogP contribution is 2.44. The van der Waals surface area contributed by atoms with Gasteiger partial charge in [0.25, 0.3) is 0 Å². The van der Waals surface area contributed by atoms with Crippen LogP contribution in [-0.2, 0) is 9.47 Å². The van der Waals surface area contributed by atoms with Gasteiger partial charge in [-0.1, -0.05) is 13.8 Å². The molecule has 0 amide bonds. The summed E-state index contributed by atoms with van der Waals surface area (Å²) in [7, 11) is 0. The van der Waals surface area contributed by atoms with Gasteiger partial charge in [-0.25, -0.2) is 0 Å². The highest BCUT2D eigenvalue weighted by atomic mass is 16.7. The van der Waals surface area contributed by atoms with Crippen molar-refractivity contribution in [2.45, 2.75) is 19.6 Å². The second-order valence-corrected chi connectivity index (χ2v) is 4.24. The molecule has 12 heavy (non-hydrogen) atoms. The molecular formula is C9H14O3. The van der Waals surface area contributed by atoms with Gasteiger partial charge in [0.15, 0.2) is 0 Å². The van der Waals surface area contributed by atoms with E-state index in [2.05, 4.69) is 13.8 Å². The average molecular weight is 170 g/mol. The van der Waals surface area contributed by atoms with Crippen LogP contribution in [0.3, 0.4) is 0 Å². The molecule has 0 bridgehead atoms. The Morgan fingerprint density at radius 2 is 2.00 bits per heavy atom. The number of rotatable bonds is 1. The van der Waals surface area contributed by atoms with Crippen LogP contribution >= 0.6 is 0 Å². The molecule has 0 aromatic rings. The molecule has 1 aliphatic heterocycles. The molecule has 3 heteroatoms. The predicted molar refractivity (Wildman–Crippen MR) is 43.6 cm³/mol. The van der Waals surface area contributed by atoms with Crippen LogP contribution in [0.2, 0.25) is 0 Å². The summed E-state index contributed by atoms with van der Waals surface area (Å²) in [6.45, 7) is 5.61. The maximum atomic E-state index is 8.83. The fourth-order valence-electron chi connectivity index (χ4n) is 1.31. The van der Waals surface area contributed by atoms with E-state index in [-0.39, 0.29) is 12.0 Å². The number of hydrogen-bond donors (Lipinski definition) is 1. The molecular weight excluding hydrogens is 156 g/mol. The maximum Gasteiger partial charge on any atom is 0.214 e. The molecule has 2 rings (SSSR count). The van der Waals surface area contributed by atoms with Crippen molar-refractivity contribution in [1.82, 2.24) is 0 Å². The normalized spacial score (nSPS) is 30.1. The summed E-state index contributed by atoms with van der Waals surface area (Å²) in [4.78, 5) is 0. The molecule has 0 atom stereocenters. The monoisotopic (exact) mass is 170 g/mol. The first kappa shape index (κ1) is 8.23. The topological polar surface area (TPSA) is 38.7 Å². The van der Waals surface area contributed by atoms with Crippen molar-refractivity contribution in [1.29, 1.82) is 0 Å². The molecule has 1 fully saturated rings. The Morgan fingerprint density at radius 3 is 2.42 bits per heavy atom. The van der Waals surface area contributed by atoms with Gasteiger partial charge in [0.1, 0.15) is 0 Å². The molecule has 1 N–H and O–H groups in total. The summed E-state index contributed by atoms with van der Waals surface area (Å²) in [6.07, 6.45) is 1.84. The van der Waals surface area contributed by atoms with Crippen molar-refractivity contribution in [2.24, 2.45) is 5.41 Å². The van der Waals surface area contributed by atoms with E-state index >= 15 is 0 Å². The predicted octanol–water partition coefficient (Wildman–Crippen LogP) is 0.688. The first-order valence-electron chi connectivity index (χ1n) is 4.19. The van der Waals surface area contributed by atoms with E-state index in [9.17, 15) is 0 Å². The third-order valence-corrected chi connectivity index (χ3v) is 2.25. The van der Waals surface area contributed by atoms with Crippen LogP contribution in [0, 0.1) is 5.41 Å². The van der Waals surface area contributed by atoms with Crippen LogP contribution in [0.1, 0.15) is 13.8 Å². The van der Waals surface area contributed by atoms with Crippen molar-refractivity contribution in [2.75, 3.05) is 19.8 Å². The molecule has 1 spiro atoms. The smallest absolute Gasteiger partial charge is 0.214 e. The van der Waals surface area contributed by atoms with Crippen LogP contribution < -0.4 is 0 Å². The first-order chi connectivity index (χ1) is 5.58. The lowest BCUT2D eigenvalue weighted by Crippen LogP contribution is -2.41. The zero-order valence-electron chi connectivity index (χ0n) is 7.46. The van der Waals surface area contributed by atoms with Gasteiger partial charge in [-0.2, -0.15) is 0 Å². The molecule has 0 saturated carbocycles. The van der Waals surface area contributed by atoms with E-state index < -0.39 is 5.79 Å². The zero-order chi connectivity index (χ0) is 8.82. The molecule has 0 unspecified atom stereocenters. The quantitative estimate of drug-likeness (QED) is 0.588. The molecule has 0 aromatic heterocycles. The Balaban J connectivity index is 1.93. The standard InChI is InChI=1S/C9H14O3/c1-8(2)5-11-9(12-6-8)3-7(9)4-10/h3,10H,4-6H2,1-2H3. The van der Waals surface area contributed by atoms with Crippen LogP contribution in [-0.4, -0.2) is 30.7 Å². The summed E-state index contributed by atoms with van der Waals surface area (Å²) in [6, 6.07) is 0. The second kappa shape index (κ2) is 2.31. The van der Waals surface area contributed by atoms with Gasteiger partial charge < -0.3 is 14.6 Å². The second-order valence-electron chi connectivity index (χ2n) is 4.24. The fraction of sp³-hybridized carbons (Fsp3) is 0.778. The molecule has 0 aromatic carbocycles. The largest absolute Gasteiger partial charge is 0.392 e. The van der Waals surface area contributed by atoms with E-state index in [1.54, 1.807) is 0 Å². The van der Waals surface area contributed by atoms with Crippen LogP contribution in [0.4, 0.5) is 0 Å². The summed E-state index contributed by atoms with van der Waals surface area (Å²) in [5.41, 5.74) is 0.959. The summed E-state index contributed by atoms with van der Waals surface area (Å²) < 4.78 is 11.0. The van der Waals surface area contributed by atoms with Crippen molar-refractivity contribution in [3.63, 3.8) is 0 Å². The van der Waals surface area contributed by atoms with E-state index in [0.717, 1.165) is 5.57 Å². The van der Waals surface area contributed by atoms with Crippen LogP contribution in [0.5, 0.6) is 0 Å². The minimum absolute atomic E-state index is 0.0421. The minimum Gasteiger partial charge on any atom is -0.392 e.